The van der Waals surface area contributed by atoms with E-state index in [0.29, 0.717) is 21.8 Å². The number of hydrogen-bond acceptors (Lipinski definition) is 1. The van der Waals surface area contributed by atoms with E-state index in [1.54, 1.807) is 0 Å². The molecule has 0 radical (unpaired) electrons. The molecule has 0 aliphatic heterocycles. The van der Waals surface area contributed by atoms with Crippen LogP contribution in [0.3, 0.4) is 0 Å². The standard InChI is InChI=1S/C10H10Cl2FN/c11-8-4-6(13)5-9(12)10(8)14-7-2-1-3-7/h4-5,7,14H,1-3H2. The molecule has 1 aromatic carbocycles. The van der Waals surface area contributed by atoms with E-state index in [9.17, 15) is 4.39 Å². The molecule has 0 bridgehead atoms. The highest BCUT2D eigenvalue weighted by Gasteiger charge is 2.19. The Bertz CT molecular complexity index is 327. The second-order valence-electron chi connectivity index (χ2n) is 3.52. The molecule has 0 amide bonds. The Labute approximate surface area is 92.2 Å². The van der Waals surface area contributed by atoms with Crippen LogP contribution in [0.25, 0.3) is 0 Å². The van der Waals surface area contributed by atoms with Gasteiger partial charge in [0, 0.05) is 6.04 Å². The number of hydrogen-bond donors (Lipinski definition) is 1. The molecule has 0 aromatic heterocycles. The lowest BCUT2D eigenvalue weighted by atomic mass is 9.93. The lowest BCUT2D eigenvalue weighted by molar-refractivity contribution is 0.445. The van der Waals surface area contributed by atoms with Crippen LogP contribution in [0.15, 0.2) is 12.1 Å². The van der Waals surface area contributed by atoms with Crippen molar-refractivity contribution in [3.8, 4) is 0 Å². The highest BCUT2D eigenvalue weighted by atomic mass is 35.5. The predicted octanol–water partition coefficient (Wildman–Crippen LogP) is 4.10. The molecule has 2 rings (SSSR count). The first-order chi connectivity index (χ1) is 6.66. The maximum absolute atomic E-state index is 12.8. The zero-order valence-electron chi connectivity index (χ0n) is 7.49. The molecule has 1 aromatic rings. The summed E-state index contributed by atoms with van der Waals surface area (Å²) in [6.07, 6.45) is 3.49. The van der Waals surface area contributed by atoms with Crippen LogP contribution in [0, 0.1) is 5.82 Å². The third kappa shape index (κ3) is 1.96. The van der Waals surface area contributed by atoms with Gasteiger partial charge in [0.05, 0.1) is 15.7 Å². The van der Waals surface area contributed by atoms with Gasteiger partial charge in [-0.25, -0.2) is 4.39 Å². The van der Waals surface area contributed by atoms with Gasteiger partial charge in [0.15, 0.2) is 0 Å². The highest BCUT2D eigenvalue weighted by Crippen LogP contribution is 2.34. The van der Waals surface area contributed by atoms with E-state index in [-0.39, 0.29) is 0 Å². The van der Waals surface area contributed by atoms with Gasteiger partial charge in [-0.3, -0.25) is 0 Å². The van der Waals surface area contributed by atoms with Crippen molar-refractivity contribution in [2.75, 3.05) is 5.32 Å². The van der Waals surface area contributed by atoms with Crippen LogP contribution < -0.4 is 5.32 Å². The van der Waals surface area contributed by atoms with Crippen LogP contribution in [-0.2, 0) is 0 Å². The molecule has 1 N–H and O–H groups in total. The van der Waals surface area contributed by atoms with Crippen LogP contribution in [-0.4, -0.2) is 6.04 Å². The maximum Gasteiger partial charge on any atom is 0.126 e. The molecular weight excluding hydrogens is 224 g/mol. The molecule has 4 heteroatoms. The fraction of sp³-hybridized carbons (Fsp3) is 0.400. The molecule has 0 heterocycles. The van der Waals surface area contributed by atoms with Crippen molar-refractivity contribution < 1.29 is 4.39 Å². The minimum atomic E-state index is -0.404. The molecule has 1 aliphatic rings. The number of benzene rings is 1. The first-order valence-corrected chi connectivity index (χ1v) is 5.33. The minimum Gasteiger partial charge on any atom is -0.380 e. The quantitative estimate of drug-likeness (QED) is 0.812. The van der Waals surface area contributed by atoms with Gasteiger partial charge in [-0.1, -0.05) is 23.2 Å². The van der Waals surface area contributed by atoms with Gasteiger partial charge in [0.25, 0.3) is 0 Å². The zero-order valence-corrected chi connectivity index (χ0v) is 9.00. The predicted molar refractivity (Wildman–Crippen MR) is 57.7 cm³/mol. The minimum absolute atomic E-state index is 0.349. The van der Waals surface area contributed by atoms with Crippen LogP contribution >= 0.6 is 23.2 Å². The average Bonchev–Trinajstić information content (AvgIpc) is 1.98. The van der Waals surface area contributed by atoms with Gasteiger partial charge in [0.2, 0.25) is 0 Å². The van der Waals surface area contributed by atoms with Gasteiger partial charge >= 0.3 is 0 Å². The van der Waals surface area contributed by atoms with Crippen LogP contribution in [0.4, 0.5) is 10.1 Å². The molecule has 14 heavy (non-hydrogen) atoms. The van der Waals surface area contributed by atoms with Crippen molar-refractivity contribution in [1.82, 2.24) is 0 Å². The molecule has 0 spiro atoms. The molecule has 1 fully saturated rings. The Morgan fingerprint density at radius 3 is 2.21 bits per heavy atom. The SMILES string of the molecule is Fc1cc(Cl)c(NC2CCC2)c(Cl)c1. The van der Waals surface area contributed by atoms with E-state index in [1.165, 1.54) is 18.6 Å². The van der Waals surface area contributed by atoms with Crippen molar-refractivity contribution >= 4 is 28.9 Å². The van der Waals surface area contributed by atoms with E-state index in [0.717, 1.165) is 12.8 Å². The monoisotopic (exact) mass is 233 g/mol. The summed E-state index contributed by atoms with van der Waals surface area (Å²) in [4.78, 5) is 0. The van der Waals surface area contributed by atoms with E-state index in [1.807, 2.05) is 0 Å². The van der Waals surface area contributed by atoms with E-state index >= 15 is 0 Å². The number of anilines is 1. The molecule has 1 saturated carbocycles. The topological polar surface area (TPSA) is 12.0 Å². The molecule has 0 saturated heterocycles. The summed E-state index contributed by atoms with van der Waals surface area (Å²) in [6, 6.07) is 2.98. The van der Waals surface area contributed by atoms with Crippen molar-refractivity contribution in [2.45, 2.75) is 25.3 Å². The van der Waals surface area contributed by atoms with E-state index in [4.69, 9.17) is 23.2 Å². The van der Waals surface area contributed by atoms with Gasteiger partial charge in [-0.15, -0.1) is 0 Å². The van der Waals surface area contributed by atoms with Crippen LogP contribution in [0.1, 0.15) is 19.3 Å². The second kappa shape index (κ2) is 3.95. The van der Waals surface area contributed by atoms with Crippen LogP contribution in [0.5, 0.6) is 0 Å². The summed E-state index contributed by atoms with van der Waals surface area (Å²) < 4.78 is 12.8. The lowest BCUT2D eigenvalue weighted by Crippen LogP contribution is -2.27. The summed E-state index contributed by atoms with van der Waals surface area (Å²) in [7, 11) is 0. The highest BCUT2D eigenvalue weighted by molar-refractivity contribution is 6.39. The first kappa shape index (κ1) is 10.1. The molecule has 1 nitrogen and oxygen atoms in total. The maximum atomic E-state index is 12.8. The lowest BCUT2D eigenvalue weighted by Gasteiger charge is -2.28. The van der Waals surface area contributed by atoms with Gasteiger partial charge in [0.1, 0.15) is 5.82 Å². The molecule has 0 atom stereocenters. The fourth-order valence-corrected chi connectivity index (χ4v) is 2.01. The Morgan fingerprint density at radius 2 is 1.79 bits per heavy atom. The van der Waals surface area contributed by atoms with Crippen LogP contribution in [0.2, 0.25) is 10.0 Å². The van der Waals surface area contributed by atoms with Crippen molar-refractivity contribution in [1.29, 1.82) is 0 Å². The Morgan fingerprint density at radius 1 is 1.21 bits per heavy atom. The first-order valence-electron chi connectivity index (χ1n) is 4.58. The summed E-state index contributed by atoms with van der Waals surface area (Å²) in [5, 5.41) is 3.91. The summed E-state index contributed by atoms with van der Waals surface area (Å²) in [6.45, 7) is 0. The van der Waals surface area contributed by atoms with E-state index < -0.39 is 5.82 Å². The molecule has 0 unspecified atom stereocenters. The zero-order chi connectivity index (χ0) is 10.1. The Kier molecular flexibility index (Phi) is 2.84. The smallest absolute Gasteiger partial charge is 0.126 e. The van der Waals surface area contributed by atoms with Gasteiger partial charge in [-0.2, -0.15) is 0 Å². The molecule has 1 aliphatic carbocycles. The Hall–Kier alpha value is -0.470. The fourth-order valence-electron chi connectivity index (χ4n) is 1.44. The van der Waals surface area contributed by atoms with Crippen molar-refractivity contribution in [3.63, 3.8) is 0 Å². The summed E-state index contributed by atoms with van der Waals surface area (Å²) >= 11 is 11.7. The number of rotatable bonds is 2. The second-order valence-corrected chi connectivity index (χ2v) is 4.33. The third-order valence-corrected chi connectivity index (χ3v) is 3.06. The van der Waals surface area contributed by atoms with Crippen molar-refractivity contribution in [2.24, 2.45) is 0 Å². The average molecular weight is 234 g/mol. The third-order valence-electron chi connectivity index (χ3n) is 2.46. The van der Waals surface area contributed by atoms with Gasteiger partial charge in [-0.05, 0) is 31.4 Å². The Balaban J connectivity index is 2.22. The molecular formula is C10H10Cl2FN. The number of halogens is 3. The van der Waals surface area contributed by atoms with Gasteiger partial charge < -0.3 is 5.32 Å². The van der Waals surface area contributed by atoms with E-state index in [2.05, 4.69) is 5.32 Å². The number of nitrogens with one attached hydrogen (secondary N) is 1. The normalized spacial score (nSPS) is 16.5. The summed E-state index contributed by atoms with van der Waals surface area (Å²) in [5.41, 5.74) is 0.652. The van der Waals surface area contributed by atoms with Crippen molar-refractivity contribution in [3.05, 3.63) is 28.0 Å². The molecule has 76 valence electrons. The largest absolute Gasteiger partial charge is 0.380 e. The summed E-state index contributed by atoms with van der Waals surface area (Å²) in [5.74, 6) is -0.404.